The Balaban J connectivity index is 1.84. The van der Waals surface area contributed by atoms with Crippen LogP contribution in [0.3, 0.4) is 0 Å². The van der Waals surface area contributed by atoms with Gasteiger partial charge >= 0.3 is 0 Å². The van der Waals surface area contributed by atoms with E-state index in [1.54, 1.807) is 24.3 Å². The first-order valence-electron chi connectivity index (χ1n) is 6.29. The lowest BCUT2D eigenvalue weighted by Gasteiger charge is -2.09. The standard InChI is InChI=1S/C15H13ClF2N2O/c16-10-4-6-11(7-5-10)19-9-8-14(21)20-15-12(17)2-1-3-13(15)18/h1-7,19H,8-9H2,(H,20,21). The topological polar surface area (TPSA) is 41.1 Å². The summed E-state index contributed by atoms with van der Waals surface area (Å²) in [6.07, 6.45) is 0.0798. The number of hydrogen-bond donors (Lipinski definition) is 2. The van der Waals surface area contributed by atoms with Gasteiger partial charge in [0.05, 0.1) is 0 Å². The Hall–Kier alpha value is -2.14. The van der Waals surface area contributed by atoms with E-state index in [1.165, 1.54) is 6.07 Å². The molecular formula is C15H13ClF2N2O. The molecule has 0 aliphatic heterocycles. The molecule has 0 saturated carbocycles. The number of para-hydroxylation sites is 1. The van der Waals surface area contributed by atoms with E-state index in [-0.39, 0.29) is 6.42 Å². The fraction of sp³-hybridized carbons (Fsp3) is 0.133. The Morgan fingerprint density at radius 1 is 1.05 bits per heavy atom. The number of anilines is 2. The van der Waals surface area contributed by atoms with E-state index in [4.69, 9.17) is 11.6 Å². The fourth-order valence-electron chi connectivity index (χ4n) is 1.71. The molecule has 2 aromatic carbocycles. The van der Waals surface area contributed by atoms with Gasteiger partial charge in [-0.05, 0) is 36.4 Å². The normalized spacial score (nSPS) is 10.2. The zero-order chi connectivity index (χ0) is 15.2. The molecule has 0 saturated heterocycles. The second kappa shape index (κ2) is 7.04. The van der Waals surface area contributed by atoms with Gasteiger partial charge in [-0.2, -0.15) is 0 Å². The minimum absolute atomic E-state index is 0.0798. The number of halogens is 3. The molecule has 2 rings (SSSR count). The summed E-state index contributed by atoms with van der Waals surface area (Å²) in [7, 11) is 0. The molecule has 0 radical (unpaired) electrons. The average molecular weight is 311 g/mol. The Morgan fingerprint density at radius 3 is 2.29 bits per heavy atom. The number of amides is 1. The molecule has 3 nitrogen and oxygen atoms in total. The lowest BCUT2D eigenvalue weighted by molar-refractivity contribution is -0.116. The van der Waals surface area contributed by atoms with Crippen LogP contribution in [0.15, 0.2) is 42.5 Å². The SMILES string of the molecule is O=C(CCNc1ccc(Cl)cc1)Nc1c(F)cccc1F. The third-order valence-corrected chi connectivity index (χ3v) is 3.00. The molecule has 110 valence electrons. The molecule has 0 spiro atoms. The summed E-state index contributed by atoms with van der Waals surface area (Å²) in [4.78, 5) is 11.7. The Bertz CT molecular complexity index is 612. The van der Waals surface area contributed by atoms with Crippen LogP contribution in [-0.2, 0) is 4.79 Å². The highest BCUT2D eigenvalue weighted by atomic mass is 35.5. The van der Waals surface area contributed by atoms with Gasteiger partial charge in [0.2, 0.25) is 5.91 Å². The van der Waals surface area contributed by atoms with Crippen LogP contribution in [0.2, 0.25) is 5.02 Å². The predicted octanol–water partition coefficient (Wildman–Crippen LogP) is 4.06. The molecule has 0 atom stereocenters. The summed E-state index contributed by atoms with van der Waals surface area (Å²) in [5.74, 6) is -2.07. The second-order valence-electron chi connectivity index (χ2n) is 4.33. The Labute approximate surface area is 125 Å². The minimum Gasteiger partial charge on any atom is -0.385 e. The van der Waals surface area contributed by atoms with E-state index < -0.39 is 23.2 Å². The summed E-state index contributed by atoms with van der Waals surface area (Å²) in [6, 6.07) is 10.4. The molecule has 0 bridgehead atoms. The van der Waals surface area contributed by atoms with Gasteiger partial charge in [-0.15, -0.1) is 0 Å². The van der Waals surface area contributed by atoms with E-state index in [0.29, 0.717) is 11.6 Å². The molecule has 0 heterocycles. The highest BCUT2D eigenvalue weighted by Crippen LogP contribution is 2.18. The molecule has 21 heavy (non-hydrogen) atoms. The maximum atomic E-state index is 13.4. The van der Waals surface area contributed by atoms with Crippen molar-refractivity contribution in [2.45, 2.75) is 6.42 Å². The van der Waals surface area contributed by atoms with Gasteiger partial charge in [-0.1, -0.05) is 17.7 Å². The van der Waals surface area contributed by atoms with Crippen molar-refractivity contribution < 1.29 is 13.6 Å². The molecule has 2 aromatic rings. The third-order valence-electron chi connectivity index (χ3n) is 2.75. The van der Waals surface area contributed by atoms with Crippen molar-refractivity contribution in [3.63, 3.8) is 0 Å². The van der Waals surface area contributed by atoms with E-state index in [2.05, 4.69) is 10.6 Å². The number of carbonyl (C=O) groups excluding carboxylic acids is 1. The van der Waals surface area contributed by atoms with Crippen molar-refractivity contribution >= 4 is 28.9 Å². The molecule has 0 aliphatic carbocycles. The van der Waals surface area contributed by atoms with Crippen LogP contribution < -0.4 is 10.6 Å². The Kier molecular flexibility index (Phi) is 5.11. The van der Waals surface area contributed by atoms with Gasteiger partial charge in [0.25, 0.3) is 0 Å². The second-order valence-corrected chi connectivity index (χ2v) is 4.76. The zero-order valence-electron chi connectivity index (χ0n) is 11.0. The largest absolute Gasteiger partial charge is 0.385 e. The van der Waals surface area contributed by atoms with Gasteiger partial charge in [-0.3, -0.25) is 4.79 Å². The van der Waals surface area contributed by atoms with E-state index in [0.717, 1.165) is 17.8 Å². The first kappa shape index (κ1) is 15.3. The van der Waals surface area contributed by atoms with Crippen molar-refractivity contribution in [3.8, 4) is 0 Å². The molecule has 1 amide bonds. The highest BCUT2D eigenvalue weighted by Gasteiger charge is 2.11. The van der Waals surface area contributed by atoms with E-state index in [1.807, 2.05) is 0 Å². The van der Waals surface area contributed by atoms with E-state index >= 15 is 0 Å². The van der Waals surface area contributed by atoms with Gasteiger partial charge < -0.3 is 10.6 Å². The fourth-order valence-corrected chi connectivity index (χ4v) is 1.83. The molecule has 0 aromatic heterocycles. The van der Waals surface area contributed by atoms with Crippen LogP contribution >= 0.6 is 11.6 Å². The first-order valence-corrected chi connectivity index (χ1v) is 6.67. The van der Waals surface area contributed by atoms with Crippen LogP contribution in [0.4, 0.5) is 20.2 Å². The minimum atomic E-state index is -0.797. The smallest absolute Gasteiger partial charge is 0.226 e. The molecule has 0 unspecified atom stereocenters. The lowest BCUT2D eigenvalue weighted by Crippen LogP contribution is -2.17. The van der Waals surface area contributed by atoms with Crippen molar-refractivity contribution in [2.24, 2.45) is 0 Å². The van der Waals surface area contributed by atoms with Crippen molar-refractivity contribution in [2.75, 3.05) is 17.2 Å². The van der Waals surface area contributed by atoms with Gasteiger partial charge in [-0.25, -0.2) is 8.78 Å². The van der Waals surface area contributed by atoms with Crippen LogP contribution in [0.1, 0.15) is 6.42 Å². The number of carbonyl (C=O) groups is 1. The van der Waals surface area contributed by atoms with Crippen molar-refractivity contribution in [1.29, 1.82) is 0 Å². The van der Waals surface area contributed by atoms with Crippen molar-refractivity contribution in [1.82, 2.24) is 0 Å². The summed E-state index contributed by atoms with van der Waals surface area (Å²) in [6.45, 7) is 0.337. The first-order chi connectivity index (χ1) is 10.1. The highest BCUT2D eigenvalue weighted by molar-refractivity contribution is 6.30. The lowest BCUT2D eigenvalue weighted by atomic mass is 10.2. The molecular weight excluding hydrogens is 298 g/mol. The number of nitrogens with one attached hydrogen (secondary N) is 2. The zero-order valence-corrected chi connectivity index (χ0v) is 11.8. The summed E-state index contributed by atoms with van der Waals surface area (Å²) in [5.41, 5.74) is 0.387. The maximum Gasteiger partial charge on any atom is 0.226 e. The monoisotopic (exact) mass is 310 g/mol. The maximum absolute atomic E-state index is 13.4. The Morgan fingerprint density at radius 2 is 1.67 bits per heavy atom. The van der Waals surface area contributed by atoms with Crippen molar-refractivity contribution in [3.05, 3.63) is 59.1 Å². The molecule has 0 fully saturated rings. The summed E-state index contributed by atoms with van der Waals surface area (Å²) >= 11 is 5.75. The average Bonchev–Trinajstić information content (AvgIpc) is 2.45. The summed E-state index contributed by atoms with van der Waals surface area (Å²) in [5, 5.41) is 5.85. The van der Waals surface area contributed by atoms with Crippen LogP contribution in [-0.4, -0.2) is 12.5 Å². The van der Waals surface area contributed by atoms with Gasteiger partial charge in [0, 0.05) is 23.7 Å². The molecule has 2 N–H and O–H groups in total. The molecule has 6 heteroatoms. The van der Waals surface area contributed by atoms with E-state index in [9.17, 15) is 13.6 Å². The van der Waals surface area contributed by atoms with Crippen LogP contribution in [0, 0.1) is 11.6 Å². The van der Waals surface area contributed by atoms with Gasteiger partial charge in [0.1, 0.15) is 17.3 Å². The van der Waals surface area contributed by atoms with Crippen LogP contribution in [0.25, 0.3) is 0 Å². The molecule has 0 aliphatic rings. The number of rotatable bonds is 5. The number of benzene rings is 2. The third kappa shape index (κ3) is 4.43. The predicted molar refractivity (Wildman–Crippen MR) is 79.5 cm³/mol. The van der Waals surface area contributed by atoms with Crippen LogP contribution in [0.5, 0.6) is 0 Å². The number of hydrogen-bond acceptors (Lipinski definition) is 2. The van der Waals surface area contributed by atoms with Gasteiger partial charge in [0.15, 0.2) is 0 Å². The summed E-state index contributed by atoms with van der Waals surface area (Å²) < 4.78 is 26.7. The quantitative estimate of drug-likeness (QED) is 0.874.